The van der Waals surface area contributed by atoms with Crippen LogP contribution in [0.5, 0.6) is 0 Å². The van der Waals surface area contributed by atoms with Crippen LogP contribution in [-0.4, -0.2) is 88.8 Å². The summed E-state index contributed by atoms with van der Waals surface area (Å²) in [5.74, 6) is 1.78. The van der Waals surface area contributed by atoms with Gasteiger partial charge in [0, 0.05) is 75.4 Å². The molecule has 3 aromatic rings. The van der Waals surface area contributed by atoms with E-state index in [4.69, 9.17) is 14.1 Å². The van der Waals surface area contributed by atoms with Crippen LogP contribution in [0, 0.1) is 13.8 Å². The largest absolute Gasteiger partial charge is 0.444 e. The summed E-state index contributed by atoms with van der Waals surface area (Å²) in [4.78, 5) is 34.9. The average Bonchev–Trinajstić information content (AvgIpc) is 3.10. The smallest absolute Gasteiger partial charge is 0.410 e. The van der Waals surface area contributed by atoms with E-state index in [9.17, 15) is 4.79 Å². The summed E-state index contributed by atoms with van der Waals surface area (Å²) >= 11 is 0. The summed E-state index contributed by atoms with van der Waals surface area (Å²) in [6.07, 6.45) is 2.30. The van der Waals surface area contributed by atoms with E-state index in [1.165, 1.54) is 0 Å². The molecule has 2 aliphatic heterocycles. The van der Waals surface area contributed by atoms with Crippen molar-refractivity contribution in [3.63, 3.8) is 0 Å². The maximum absolute atomic E-state index is 12.5. The molecule has 0 radical (unpaired) electrons. The molecule has 2 fully saturated rings. The fourth-order valence-electron chi connectivity index (χ4n) is 5.06. The molecular weight excluding hydrogens is 482 g/mol. The van der Waals surface area contributed by atoms with Crippen molar-refractivity contribution >= 4 is 28.7 Å². The van der Waals surface area contributed by atoms with Crippen molar-refractivity contribution in [1.82, 2.24) is 24.8 Å². The summed E-state index contributed by atoms with van der Waals surface area (Å²) in [7, 11) is 0. The third-order valence-corrected chi connectivity index (χ3v) is 7.27. The lowest BCUT2D eigenvalue weighted by molar-refractivity contribution is 0.0263. The van der Waals surface area contributed by atoms with E-state index in [1.54, 1.807) is 6.33 Å². The number of amides is 1. The van der Waals surface area contributed by atoms with Crippen molar-refractivity contribution in [1.29, 1.82) is 0 Å². The number of piperazine rings is 1. The lowest BCUT2D eigenvalue weighted by Gasteiger charge is -2.35. The first-order valence-corrected chi connectivity index (χ1v) is 13.5. The third kappa shape index (κ3) is 6.01. The van der Waals surface area contributed by atoms with Crippen molar-refractivity contribution in [3.05, 3.63) is 41.7 Å². The Kier molecular flexibility index (Phi) is 7.43. The van der Waals surface area contributed by atoms with Gasteiger partial charge in [0.05, 0.1) is 6.54 Å². The van der Waals surface area contributed by atoms with Crippen molar-refractivity contribution < 1.29 is 13.9 Å². The van der Waals surface area contributed by atoms with Crippen LogP contribution in [0.4, 0.5) is 16.3 Å². The summed E-state index contributed by atoms with van der Waals surface area (Å²) in [6, 6.07) is 6.21. The molecule has 0 aliphatic carbocycles. The van der Waals surface area contributed by atoms with Gasteiger partial charge in [-0.05, 0) is 53.2 Å². The van der Waals surface area contributed by atoms with Gasteiger partial charge in [0.25, 0.3) is 0 Å². The van der Waals surface area contributed by atoms with Crippen molar-refractivity contribution in [2.24, 2.45) is 0 Å². The molecule has 0 atom stereocenters. The Morgan fingerprint density at radius 3 is 2.50 bits per heavy atom. The van der Waals surface area contributed by atoms with E-state index in [0.29, 0.717) is 19.6 Å². The number of benzene rings is 1. The van der Waals surface area contributed by atoms with E-state index in [1.807, 2.05) is 38.7 Å². The quantitative estimate of drug-likeness (QED) is 0.505. The summed E-state index contributed by atoms with van der Waals surface area (Å²) in [5.41, 5.74) is 4.47. The molecule has 4 heterocycles. The Bertz CT molecular complexity index is 1280. The maximum Gasteiger partial charge on any atom is 0.410 e. The number of rotatable bonds is 4. The Hall–Kier alpha value is -3.40. The SMILES string of the molecule is Cc1ncnc(N2CCN(Cc3nc4ccc(N5CCCN(C(=O)OC(C)(C)C)CC5)cc4o3)CC2)c1C. The van der Waals surface area contributed by atoms with E-state index in [2.05, 4.69) is 43.7 Å². The minimum absolute atomic E-state index is 0.238. The zero-order valence-corrected chi connectivity index (χ0v) is 23.2. The number of fused-ring (bicyclic) bond motifs is 1. The monoisotopic (exact) mass is 521 g/mol. The number of carbonyl (C=O) groups is 1. The molecule has 1 aromatic carbocycles. The number of oxazole rings is 1. The number of hydrogen-bond donors (Lipinski definition) is 0. The molecule has 38 heavy (non-hydrogen) atoms. The van der Waals surface area contributed by atoms with Gasteiger partial charge in [-0.3, -0.25) is 4.90 Å². The number of hydrogen-bond acceptors (Lipinski definition) is 9. The first kappa shape index (κ1) is 26.2. The molecule has 2 aromatic heterocycles. The van der Waals surface area contributed by atoms with Gasteiger partial charge in [0.1, 0.15) is 23.3 Å². The van der Waals surface area contributed by atoms with Crippen LogP contribution >= 0.6 is 0 Å². The minimum atomic E-state index is -0.485. The highest BCUT2D eigenvalue weighted by molar-refractivity contribution is 5.77. The minimum Gasteiger partial charge on any atom is -0.444 e. The molecular formula is C28H39N7O3. The zero-order chi connectivity index (χ0) is 26.9. The Balaban J connectivity index is 1.18. The molecule has 10 nitrogen and oxygen atoms in total. The van der Waals surface area contributed by atoms with Crippen molar-refractivity contribution in [3.8, 4) is 0 Å². The molecule has 204 valence electrons. The van der Waals surface area contributed by atoms with Gasteiger partial charge in [-0.15, -0.1) is 0 Å². The van der Waals surface area contributed by atoms with Crippen molar-refractivity contribution in [2.45, 2.75) is 53.2 Å². The lowest BCUT2D eigenvalue weighted by atomic mass is 10.2. The van der Waals surface area contributed by atoms with Crippen LogP contribution in [0.1, 0.15) is 44.3 Å². The highest BCUT2D eigenvalue weighted by Gasteiger charge is 2.25. The second-order valence-corrected chi connectivity index (χ2v) is 11.2. The van der Waals surface area contributed by atoms with Gasteiger partial charge in [-0.25, -0.2) is 19.7 Å². The van der Waals surface area contributed by atoms with Gasteiger partial charge in [0.2, 0.25) is 5.89 Å². The molecule has 2 saturated heterocycles. The van der Waals surface area contributed by atoms with Crippen LogP contribution in [0.15, 0.2) is 28.9 Å². The Morgan fingerprint density at radius 2 is 1.74 bits per heavy atom. The van der Waals surface area contributed by atoms with Gasteiger partial charge >= 0.3 is 6.09 Å². The lowest BCUT2D eigenvalue weighted by Crippen LogP contribution is -2.46. The number of aryl methyl sites for hydroxylation is 1. The Labute approximate surface area is 224 Å². The number of aromatic nitrogens is 3. The molecule has 1 amide bonds. The molecule has 0 saturated carbocycles. The standard InChI is InChI=1S/C28H39N7O3/c1-20-21(2)29-19-30-26(20)34-13-11-32(12-14-34)18-25-31-23-8-7-22(17-24(23)37-25)33-9-6-10-35(16-15-33)27(36)38-28(3,4)5/h7-8,17,19H,6,9-16,18H2,1-5H3. The van der Waals surface area contributed by atoms with Crippen LogP contribution in [-0.2, 0) is 11.3 Å². The molecule has 2 aliphatic rings. The van der Waals surface area contributed by atoms with Gasteiger partial charge in [0.15, 0.2) is 5.58 Å². The van der Waals surface area contributed by atoms with E-state index >= 15 is 0 Å². The van der Waals surface area contributed by atoms with E-state index < -0.39 is 5.60 Å². The van der Waals surface area contributed by atoms with E-state index in [0.717, 1.165) is 85.4 Å². The van der Waals surface area contributed by atoms with Gasteiger partial charge in [-0.1, -0.05) is 0 Å². The van der Waals surface area contributed by atoms with Crippen LogP contribution in [0.3, 0.4) is 0 Å². The second kappa shape index (κ2) is 10.8. The van der Waals surface area contributed by atoms with Crippen LogP contribution < -0.4 is 9.80 Å². The average molecular weight is 522 g/mol. The second-order valence-electron chi connectivity index (χ2n) is 11.2. The predicted molar refractivity (Wildman–Crippen MR) is 148 cm³/mol. The predicted octanol–water partition coefficient (Wildman–Crippen LogP) is 4.00. The normalized spacial score (nSPS) is 17.7. The fraction of sp³-hybridized carbons (Fsp3) is 0.571. The molecule has 0 unspecified atom stereocenters. The first-order chi connectivity index (χ1) is 18.2. The Morgan fingerprint density at radius 1 is 0.974 bits per heavy atom. The van der Waals surface area contributed by atoms with Gasteiger partial charge < -0.3 is 23.9 Å². The fourth-order valence-corrected chi connectivity index (χ4v) is 5.06. The summed E-state index contributed by atoms with van der Waals surface area (Å²) < 4.78 is 11.8. The summed E-state index contributed by atoms with van der Waals surface area (Å²) in [6.45, 7) is 17.1. The van der Waals surface area contributed by atoms with E-state index in [-0.39, 0.29) is 6.09 Å². The van der Waals surface area contributed by atoms with Crippen molar-refractivity contribution in [2.75, 3.05) is 62.2 Å². The number of ether oxygens (including phenoxy) is 1. The number of nitrogens with zero attached hydrogens (tertiary/aromatic N) is 7. The molecule has 0 spiro atoms. The first-order valence-electron chi connectivity index (χ1n) is 13.5. The summed E-state index contributed by atoms with van der Waals surface area (Å²) in [5, 5.41) is 0. The van der Waals surface area contributed by atoms with Crippen LogP contribution in [0.25, 0.3) is 11.1 Å². The zero-order valence-electron chi connectivity index (χ0n) is 23.2. The molecule has 5 rings (SSSR count). The van der Waals surface area contributed by atoms with Gasteiger partial charge in [-0.2, -0.15) is 0 Å². The number of anilines is 2. The molecule has 0 N–H and O–H groups in total. The molecule has 0 bridgehead atoms. The molecule has 10 heteroatoms. The third-order valence-electron chi connectivity index (χ3n) is 7.27. The topological polar surface area (TPSA) is 91.1 Å². The van der Waals surface area contributed by atoms with Crippen LogP contribution in [0.2, 0.25) is 0 Å². The highest BCUT2D eigenvalue weighted by Crippen LogP contribution is 2.26. The highest BCUT2D eigenvalue weighted by atomic mass is 16.6. The maximum atomic E-state index is 12.5. The number of carbonyl (C=O) groups excluding carboxylic acids is 1.